The van der Waals surface area contributed by atoms with Gasteiger partial charge in [-0.1, -0.05) is 29.4 Å². The van der Waals surface area contributed by atoms with Crippen molar-refractivity contribution in [2.24, 2.45) is 0 Å². The number of aromatic nitrogens is 2. The predicted molar refractivity (Wildman–Crippen MR) is 90.3 cm³/mol. The lowest BCUT2D eigenvalue weighted by Gasteiger charge is -2.22. The Hall–Kier alpha value is -2.89. The van der Waals surface area contributed by atoms with E-state index in [1.165, 1.54) is 17.4 Å². The van der Waals surface area contributed by atoms with Crippen molar-refractivity contribution in [3.05, 3.63) is 71.3 Å². The van der Waals surface area contributed by atoms with E-state index in [1.54, 1.807) is 12.1 Å². The number of nitrogens with zero attached hydrogens (tertiary/aromatic N) is 2. The molecule has 0 unspecified atom stereocenters. The van der Waals surface area contributed by atoms with Crippen molar-refractivity contribution in [3.63, 3.8) is 0 Å². The molecule has 1 aromatic carbocycles. The van der Waals surface area contributed by atoms with Gasteiger partial charge in [0.05, 0.1) is 6.26 Å². The van der Waals surface area contributed by atoms with E-state index in [9.17, 15) is 4.79 Å². The van der Waals surface area contributed by atoms with Gasteiger partial charge in [0.25, 0.3) is 5.91 Å². The van der Waals surface area contributed by atoms with Crippen LogP contribution in [0.1, 0.15) is 52.2 Å². The number of benzene rings is 1. The molecule has 0 bridgehead atoms. The second kappa shape index (κ2) is 6.93. The maximum atomic E-state index is 11.8. The van der Waals surface area contributed by atoms with Crippen LogP contribution in [-0.4, -0.2) is 22.6 Å². The predicted octanol–water partition coefficient (Wildman–Crippen LogP) is 3.10. The molecule has 25 heavy (non-hydrogen) atoms. The van der Waals surface area contributed by atoms with Gasteiger partial charge >= 0.3 is 0 Å². The summed E-state index contributed by atoms with van der Waals surface area (Å²) >= 11 is 0. The molecule has 1 aliphatic rings. The Morgan fingerprint density at radius 1 is 1.24 bits per heavy atom. The number of carbonyl (C=O) groups is 1. The van der Waals surface area contributed by atoms with E-state index in [2.05, 4.69) is 39.7 Å². The Bertz CT molecular complexity index is 854. The highest BCUT2D eigenvalue weighted by atomic mass is 16.5. The van der Waals surface area contributed by atoms with E-state index >= 15 is 0 Å². The maximum absolute atomic E-state index is 11.8. The van der Waals surface area contributed by atoms with Crippen LogP contribution in [0.25, 0.3) is 0 Å². The van der Waals surface area contributed by atoms with E-state index in [-0.39, 0.29) is 11.8 Å². The van der Waals surface area contributed by atoms with Gasteiger partial charge in [0.1, 0.15) is 0 Å². The summed E-state index contributed by atoms with van der Waals surface area (Å²) in [5, 5.41) is 6.95. The summed E-state index contributed by atoms with van der Waals surface area (Å²) in [6.07, 6.45) is 5.24. The molecular formula is C19H19N3O3. The molecule has 4 rings (SSSR count). The first kappa shape index (κ1) is 15.6. The molecule has 2 aromatic heterocycles. The first-order valence-electron chi connectivity index (χ1n) is 8.53. The molecule has 0 radical (unpaired) electrons. The van der Waals surface area contributed by atoms with E-state index in [1.807, 2.05) is 0 Å². The van der Waals surface area contributed by atoms with Crippen molar-refractivity contribution in [3.8, 4) is 0 Å². The average molecular weight is 337 g/mol. The van der Waals surface area contributed by atoms with Gasteiger partial charge in [0.15, 0.2) is 11.6 Å². The number of amides is 1. The van der Waals surface area contributed by atoms with Crippen LogP contribution >= 0.6 is 0 Å². The third-order valence-electron chi connectivity index (χ3n) is 4.53. The monoisotopic (exact) mass is 337 g/mol. The largest absolute Gasteiger partial charge is 0.459 e. The number of aryl methyl sites for hydroxylation is 1. The first-order valence-corrected chi connectivity index (χ1v) is 8.53. The highest BCUT2D eigenvalue weighted by Crippen LogP contribution is 2.35. The van der Waals surface area contributed by atoms with Gasteiger partial charge in [0, 0.05) is 18.9 Å². The minimum absolute atomic E-state index is 0.195. The first-order chi connectivity index (χ1) is 12.3. The third-order valence-corrected chi connectivity index (χ3v) is 4.53. The topological polar surface area (TPSA) is 81.2 Å². The zero-order valence-electron chi connectivity index (χ0n) is 13.8. The zero-order valence-corrected chi connectivity index (χ0v) is 13.8. The second-order valence-electron chi connectivity index (χ2n) is 6.17. The molecule has 0 saturated carbocycles. The van der Waals surface area contributed by atoms with E-state index in [0.29, 0.717) is 24.6 Å². The summed E-state index contributed by atoms with van der Waals surface area (Å²) in [5.74, 6) is 1.52. The molecule has 0 aliphatic heterocycles. The van der Waals surface area contributed by atoms with Crippen LogP contribution in [0, 0.1) is 0 Å². The highest BCUT2D eigenvalue weighted by Gasteiger charge is 2.25. The zero-order chi connectivity index (χ0) is 17.1. The van der Waals surface area contributed by atoms with Crippen molar-refractivity contribution in [2.75, 3.05) is 6.54 Å². The Labute approximate surface area is 145 Å². The Morgan fingerprint density at radius 3 is 3.04 bits per heavy atom. The van der Waals surface area contributed by atoms with Crippen LogP contribution < -0.4 is 5.32 Å². The Kier molecular flexibility index (Phi) is 4.33. The highest BCUT2D eigenvalue weighted by molar-refractivity contribution is 5.91. The number of fused-ring (bicyclic) bond motifs is 1. The molecule has 3 aromatic rings. The van der Waals surface area contributed by atoms with Crippen LogP contribution in [-0.2, 0) is 12.8 Å². The third kappa shape index (κ3) is 3.33. The quantitative estimate of drug-likeness (QED) is 0.774. The molecule has 6 heteroatoms. The molecule has 1 atom stereocenters. The van der Waals surface area contributed by atoms with Crippen molar-refractivity contribution >= 4 is 5.91 Å². The van der Waals surface area contributed by atoms with E-state index in [4.69, 9.17) is 8.94 Å². The number of hydrogen-bond acceptors (Lipinski definition) is 5. The minimum atomic E-state index is -0.244. The lowest BCUT2D eigenvalue weighted by molar-refractivity contribution is 0.0925. The lowest BCUT2D eigenvalue weighted by atomic mass is 9.82. The fourth-order valence-electron chi connectivity index (χ4n) is 3.31. The standard InChI is InChI=1S/C19H19N3O3/c23-19(16-9-4-12-24-16)20-11-10-17-21-18(22-25-17)15-8-3-6-13-5-1-2-7-14(13)15/h1-2,4-5,7,9,12,15H,3,6,8,10-11H2,(H,20,23)/t15-/m1/s1. The minimum Gasteiger partial charge on any atom is -0.459 e. The van der Waals surface area contributed by atoms with Crippen LogP contribution in [0.3, 0.4) is 0 Å². The Balaban J connectivity index is 1.39. The molecule has 1 amide bonds. The molecule has 0 fully saturated rings. The van der Waals surface area contributed by atoms with Crippen LogP contribution in [0.5, 0.6) is 0 Å². The van der Waals surface area contributed by atoms with E-state index in [0.717, 1.165) is 25.1 Å². The lowest BCUT2D eigenvalue weighted by Crippen LogP contribution is -2.25. The average Bonchev–Trinajstić information content (AvgIpc) is 3.33. The summed E-state index contributed by atoms with van der Waals surface area (Å²) in [6.45, 7) is 0.419. The van der Waals surface area contributed by atoms with Gasteiger partial charge in [-0.2, -0.15) is 4.98 Å². The Morgan fingerprint density at radius 2 is 2.16 bits per heavy atom. The van der Waals surface area contributed by atoms with Crippen LogP contribution in [0.4, 0.5) is 0 Å². The van der Waals surface area contributed by atoms with Crippen molar-refractivity contribution in [1.82, 2.24) is 15.5 Å². The fourth-order valence-corrected chi connectivity index (χ4v) is 3.31. The summed E-state index contributed by atoms with van der Waals surface area (Å²) in [6, 6.07) is 11.8. The van der Waals surface area contributed by atoms with Crippen molar-refractivity contribution in [2.45, 2.75) is 31.6 Å². The maximum Gasteiger partial charge on any atom is 0.286 e. The molecular weight excluding hydrogens is 318 g/mol. The second-order valence-corrected chi connectivity index (χ2v) is 6.17. The van der Waals surface area contributed by atoms with Crippen molar-refractivity contribution in [1.29, 1.82) is 0 Å². The van der Waals surface area contributed by atoms with Gasteiger partial charge in [-0.05, 0) is 42.5 Å². The SMILES string of the molecule is O=C(NCCc1nc([C@@H]2CCCc3ccccc32)no1)c1ccco1. The number of nitrogens with one attached hydrogen (secondary N) is 1. The fraction of sp³-hybridized carbons (Fsp3) is 0.316. The van der Waals surface area contributed by atoms with Gasteiger partial charge in [0.2, 0.25) is 5.89 Å². The van der Waals surface area contributed by atoms with Gasteiger partial charge < -0.3 is 14.3 Å². The number of carbonyl (C=O) groups excluding carboxylic acids is 1. The molecule has 1 N–H and O–H groups in total. The molecule has 6 nitrogen and oxygen atoms in total. The normalized spacial score (nSPS) is 16.4. The van der Waals surface area contributed by atoms with Gasteiger partial charge in [-0.15, -0.1) is 0 Å². The molecule has 2 heterocycles. The van der Waals surface area contributed by atoms with Crippen molar-refractivity contribution < 1.29 is 13.7 Å². The van der Waals surface area contributed by atoms with E-state index < -0.39 is 0 Å². The molecule has 1 aliphatic carbocycles. The summed E-state index contributed by atoms with van der Waals surface area (Å²) in [5.41, 5.74) is 2.67. The summed E-state index contributed by atoms with van der Waals surface area (Å²) in [4.78, 5) is 16.4. The number of hydrogen-bond donors (Lipinski definition) is 1. The van der Waals surface area contributed by atoms with Gasteiger partial charge in [-0.3, -0.25) is 4.79 Å². The van der Waals surface area contributed by atoms with Crippen LogP contribution in [0.15, 0.2) is 51.6 Å². The summed E-state index contributed by atoms with van der Waals surface area (Å²) < 4.78 is 10.4. The number of rotatable bonds is 5. The molecule has 0 spiro atoms. The smallest absolute Gasteiger partial charge is 0.286 e. The van der Waals surface area contributed by atoms with Gasteiger partial charge in [-0.25, -0.2) is 0 Å². The summed E-state index contributed by atoms with van der Waals surface area (Å²) in [7, 11) is 0. The van der Waals surface area contributed by atoms with Crippen LogP contribution in [0.2, 0.25) is 0 Å². The number of furan rings is 1. The molecule has 0 saturated heterocycles. The molecule has 128 valence electrons.